The molecule has 0 bridgehead atoms. The topological polar surface area (TPSA) is 123 Å². The molecule has 2 heterocycles. The molecular formula is C21H14FN5O4. The molecule has 31 heavy (non-hydrogen) atoms. The second kappa shape index (κ2) is 8.41. The van der Waals surface area contributed by atoms with Gasteiger partial charge in [0.2, 0.25) is 0 Å². The molecule has 0 fully saturated rings. The Bertz CT molecular complexity index is 1240. The second-order valence-corrected chi connectivity index (χ2v) is 6.39. The van der Waals surface area contributed by atoms with Gasteiger partial charge >= 0.3 is 0 Å². The van der Waals surface area contributed by atoms with Crippen molar-refractivity contribution >= 4 is 17.3 Å². The number of aromatic nitrogens is 3. The number of anilines is 1. The largest absolute Gasteiger partial charge is 0.455 e. The molecule has 0 spiro atoms. The Hall–Kier alpha value is -4.60. The fourth-order valence-electron chi connectivity index (χ4n) is 2.77. The van der Waals surface area contributed by atoms with Gasteiger partial charge in [-0.25, -0.2) is 4.39 Å². The van der Waals surface area contributed by atoms with Gasteiger partial charge in [0.1, 0.15) is 23.0 Å². The number of halogens is 1. The molecule has 0 aliphatic rings. The Labute approximate surface area is 174 Å². The first-order chi connectivity index (χ1) is 15.0. The maximum absolute atomic E-state index is 13.1. The summed E-state index contributed by atoms with van der Waals surface area (Å²) in [7, 11) is 0. The summed E-state index contributed by atoms with van der Waals surface area (Å²) in [5.74, 6) is -0.396. The van der Waals surface area contributed by atoms with E-state index in [1.807, 2.05) is 0 Å². The van der Waals surface area contributed by atoms with Crippen molar-refractivity contribution in [2.75, 3.05) is 5.32 Å². The Morgan fingerprint density at radius 3 is 2.61 bits per heavy atom. The average Bonchev–Trinajstić information content (AvgIpc) is 3.25. The van der Waals surface area contributed by atoms with Gasteiger partial charge in [-0.15, -0.1) is 0 Å². The van der Waals surface area contributed by atoms with E-state index in [0.717, 1.165) is 0 Å². The lowest BCUT2D eigenvalue weighted by molar-refractivity contribution is -0.384. The van der Waals surface area contributed by atoms with Crippen LogP contribution in [0.15, 0.2) is 73.1 Å². The predicted molar refractivity (Wildman–Crippen MR) is 109 cm³/mol. The van der Waals surface area contributed by atoms with Gasteiger partial charge in [0, 0.05) is 23.9 Å². The van der Waals surface area contributed by atoms with Crippen LogP contribution in [0.2, 0.25) is 0 Å². The highest BCUT2D eigenvalue weighted by Gasteiger charge is 2.16. The SMILES string of the molecule is O=C(Nc1cc(Oc2cccnc2)cc([N+](=O)[O-])c1)c1cc(-c2ccc(F)cc2)n[nH]1. The number of aromatic amines is 1. The molecule has 0 saturated carbocycles. The third-order valence-corrected chi connectivity index (χ3v) is 4.19. The molecule has 9 nitrogen and oxygen atoms in total. The van der Waals surface area contributed by atoms with E-state index >= 15 is 0 Å². The Balaban J connectivity index is 1.56. The van der Waals surface area contributed by atoms with Gasteiger partial charge in [0.25, 0.3) is 11.6 Å². The molecule has 2 N–H and O–H groups in total. The molecule has 4 aromatic rings. The molecule has 2 aromatic heterocycles. The first-order valence-electron chi connectivity index (χ1n) is 8.98. The number of pyridine rings is 1. The van der Waals surface area contributed by atoms with E-state index in [9.17, 15) is 19.3 Å². The number of carbonyl (C=O) groups excluding carboxylic acids is 1. The number of hydrogen-bond donors (Lipinski definition) is 2. The van der Waals surface area contributed by atoms with E-state index in [1.54, 1.807) is 18.3 Å². The summed E-state index contributed by atoms with van der Waals surface area (Å²) in [5.41, 5.74) is 1.11. The molecule has 0 aliphatic heterocycles. The van der Waals surface area contributed by atoms with Crippen LogP contribution in [-0.4, -0.2) is 26.0 Å². The monoisotopic (exact) mass is 419 g/mol. The van der Waals surface area contributed by atoms with Crippen LogP contribution in [0.1, 0.15) is 10.5 Å². The van der Waals surface area contributed by atoms with E-state index in [4.69, 9.17) is 4.74 Å². The fourth-order valence-corrected chi connectivity index (χ4v) is 2.77. The summed E-state index contributed by atoms with van der Waals surface area (Å²) in [6.07, 6.45) is 3.02. The molecule has 0 atom stereocenters. The highest BCUT2D eigenvalue weighted by Crippen LogP contribution is 2.29. The van der Waals surface area contributed by atoms with Crippen molar-refractivity contribution in [3.8, 4) is 22.8 Å². The minimum absolute atomic E-state index is 0.126. The summed E-state index contributed by atoms with van der Waals surface area (Å²) in [6, 6.07) is 14.4. The number of nitrogens with zero attached hydrogens (tertiary/aromatic N) is 3. The predicted octanol–water partition coefficient (Wildman–Crippen LogP) is 4.56. The van der Waals surface area contributed by atoms with Crippen LogP contribution in [0.4, 0.5) is 15.8 Å². The number of benzene rings is 2. The number of rotatable bonds is 6. The lowest BCUT2D eigenvalue weighted by Gasteiger charge is -2.08. The van der Waals surface area contributed by atoms with Crippen LogP contribution in [0.5, 0.6) is 11.5 Å². The average molecular weight is 419 g/mol. The summed E-state index contributed by atoms with van der Waals surface area (Å²) in [5, 5.41) is 20.5. The molecule has 0 unspecified atom stereocenters. The normalized spacial score (nSPS) is 10.5. The van der Waals surface area contributed by atoms with Gasteiger partial charge in [-0.05, 0) is 42.5 Å². The number of hydrogen-bond acceptors (Lipinski definition) is 6. The summed E-state index contributed by atoms with van der Waals surface area (Å²) in [4.78, 5) is 27.2. The first kappa shape index (κ1) is 19.7. The maximum Gasteiger partial charge on any atom is 0.275 e. The molecule has 0 saturated heterocycles. The van der Waals surface area contributed by atoms with Crippen LogP contribution in [-0.2, 0) is 0 Å². The van der Waals surface area contributed by atoms with Gasteiger partial charge in [0.15, 0.2) is 0 Å². The summed E-state index contributed by atoms with van der Waals surface area (Å²) in [6.45, 7) is 0. The minimum Gasteiger partial charge on any atom is -0.455 e. The van der Waals surface area contributed by atoms with Crippen LogP contribution < -0.4 is 10.1 Å². The fraction of sp³-hybridized carbons (Fsp3) is 0. The van der Waals surface area contributed by atoms with E-state index in [2.05, 4.69) is 20.5 Å². The zero-order valence-electron chi connectivity index (χ0n) is 15.8. The molecular weight excluding hydrogens is 405 g/mol. The van der Waals surface area contributed by atoms with Gasteiger partial charge in [0.05, 0.1) is 28.6 Å². The molecule has 2 aromatic carbocycles. The number of non-ortho nitro benzene ring substituents is 1. The van der Waals surface area contributed by atoms with Crippen LogP contribution in [0, 0.1) is 15.9 Å². The molecule has 1 amide bonds. The molecule has 0 radical (unpaired) electrons. The van der Waals surface area contributed by atoms with E-state index in [1.165, 1.54) is 54.7 Å². The smallest absolute Gasteiger partial charge is 0.275 e. The van der Waals surface area contributed by atoms with Crippen molar-refractivity contribution in [1.82, 2.24) is 15.2 Å². The van der Waals surface area contributed by atoms with Crippen molar-refractivity contribution in [3.05, 3.63) is 94.7 Å². The number of carbonyl (C=O) groups is 1. The molecule has 154 valence electrons. The van der Waals surface area contributed by atoms with Crippen LogP contribution in [0.25, 0.3) is 11.3 Å². The summed E-state index contributed by atoms with van der Waals surface area (Å²) >= 11 is 0. The molecule has 0 aliphatic carbocycles. The lowest BCUT2D eigenvalue weighted by Crippen LogP contribution is -2.12. The zero-order chi connectivity index (χ0) is 21.8. The molecule has 10 heteroatoms. The molecule has 4 rings (SSSR count). The van der Waals surface area contributed by atoms with Crippen LogP contribution in [0.3, 0.4) is 0 Å². The zero-order valence-corrected chi connectivity index (χ0v) is 15.8. The van der Waals surface area contributed by atoms with Gasteiger partial charge in [-0.1, -0.05) is 0 Å². The van der Waals surface area contributed by atoms with Crippen LogP contribution >= 0.6 is 0 Å². The second-order valence-electron chi connectivity index (χ2n) is 6.39. The number of nitro benzene ring substituents is 1. The number of nitrogens with one attached hydrogen (secondary N) is 2. The number of amides is 1. The summed E-state index contributed by atoms with van der Waals surface area (Å²) < 4.78 is 18.7. The minimum atomic E-state index is -0.589. The van der Waals surface area contributed by atoms with Crippen molar-refractivity contribution in [3.63, 3.8) is 0 Å². The van der Waals surface area contributed by atoms with E-state index < -0.39 is 10.8 Å². The van der Waals surface area contributed by atoms with Gasteiger partial charge in [-0.2, -0.15) is 5.10 Å². The van der Waals surface area contributed by atoms with Gasteiger partial charge in [-0.3, -0.25) is 25.0 Å². The Kier molecular flexibility index (Phi) is 5.35. The van der Waals surface area contributed by atoms with Crippen molar-refractivity contribution in [2.45, 2.75) is 0 Å². The highest BCUT2D eigenvalue weighted by molar-refractivity contribution is 6.03. The third-order valence-electron chi connectivity index (χ3n) is 4.19. The third kappa shape index (κ3) is 4.70. The van der Waals surface area contributed by atoms with Crippen molar-refractivity contribution < 1.29 is 18.8 Å². The highest BCUT2D eigenvalue weighted by atomic mass is 19.1. The number of ether oxygens (including phenoxy) is 1. The standard InChI is InChI=1S/C21H14FN5O4/c22-14-5-3-13(4-6-14)19-11-20(26-25-19)21(28)24-15-8-16(27(29)30)10-18(9-15)31-17-2-1-7-23-12-17/h1-12H,(H,24,28)(H,25,26). The number of nitro groups is 1. The quantitative estimate of drug-likeness (QED) is 0.349. The van der Waals surface area contributed by atoms with E-state index in [0.29, 0.717) is 17.0 Å². The van der Waals surface area contributed by atoms with Crippen molar-refractivity contribution in [1.29, 1.82) is 0 Å². The van der Waals surface area contributed by atoms with E-state index in [-0.39, 0.29) is 28.6 Å². The Morgan fingerprint density at radius 1 is 1.10 bits per heavy atom. The maximum atomic E-state index is 13.1. The first-order valence-corrected chi connectivity index (χ1v) is 8.98. The Morgan fingerprint density at radius 2 is 1.90 bits per heavy atom. The van der Waals surface area contributed by atoms with Gasteiger partial charge < -0.3 is 10.1 Å². The van der Waals surface area contributed by atoms with Crippen molar-refractivity contribution in [2.24, 2.45) is 0 Å². The lowest BCUT2D eigenvalue weighted by atomic mass is 10.1. The number of H-pyrrole nitrogens is 1.